The molecule has 0 saturated carbocycles. The van der Waals surface area contributed by atoms with Crippen molar-refractivity contribution in [2.75, 3.05) is 7.11 Å². The van der Waals surface area contributed by atoms with E-state index >= 15 is 0 Å². The van der Waals surface area contributed by atoms with Crippen LogP contribution in [0.3, 0.4) is 0 Å². The van der Waals surface area contributed by atoms with Crippen LogP contribution in [0.2, 0.25) is 0 Å². The van der Waals surface area contributed by atoms with Crippen molar-refractivity contribution in [2.24, 2.45) is 0 Å². The molecule has 0 spiro atoms. The minimum absolute atomic E-state index is 0.109. The van der Waals surface area contributed by atoms with E-state index in [-0.39, 0.29) is 12.6 Å². The number of aryl methyl sites for hydroxylation is 1. The molecule has 4 nitrogen and oxygen atoms in total. The Balaban J connectivity index is 2.03. The number of ether oxygens (including phenoxy) is 2. The normalized spacial score (nSPS) is 10.0. The van der Waals surface area contributed by atoms with Crippen LogP contribution in [0.4, 0.5) is 0 Å². The van der Waals surface area contributed by atoms with Crippen molar-refractivity contribution in [1.29, 1.82) is 0 Å². The topological polar surface area (TPSA) is 52.6 Å². The Bertz CT molecular complexity index is 661. The van der Waals surface area contributed by atoms with Gasteiger partial charge < -0.3 is 9.47 Å². The minimum Gasteiger partial charge on any atom is -0.465 e. The van der Waals surface area contributed by atoms with Gasteiger partial charge in [-0.3, -0.25) is 0 Å². The van der Waals surface area contributed by atoms with Gasteiger partial charge in [-0.2, -0.15) is 0 Å². The number of carbonyl (C=O) groups is 2. The van der Waals surface area contributed by atoms with E-state index in [1.165, 1.54) is 7.11 Å². The second-order valence-electron chi connectivity index (χ2n) is 4.64. The summed E-state index contributed by atoms with van der Waals surface area (Å²) in [4.78, 5) is 23.4. The monoisotopic (exact) mass is 284 g/mol. The van der Waals surface area contributed by atoms with Gasteiger partial charge in [0.2, 0.25) is 0 Å². The summed E-state index contributed by atoms with van der Waals surface area (Å²) >= 11 is 0. The molecular weight excluding hydrogens is 268 g/mol. The zero-order chi connectivity index (χ0) is 15.2. The molecule has 2 aromatic rings. The van der Waals surface area contributed by atoms with Crippen LogP contribution in [0.15, 0.2) is 48.5 Å². The van der Waals surface area contributed by atoms with E-state index in [1.807, 2.05) is 19.1 Å². The van der Waals surface area contributed by atoms with E-state index < -0.39 is 5.97 Å². The summed E-state index contributed by atoms with van der Waals surface area (Å²) in [5.41, 5.74) is 2.68. The molecule has 0 unspecified atom stereocenters. The number of benzene rings is 2. The van der Waals surface area contributed by atoms with Gasteiger partial charge >= 0.3 is 11.9 Å². The number of rotatable bonds is 4. The fourth-order valence-electron chi connectivity index (χ4n) is 1.91. The molecule has 0 aliphatic heterocycles. The standard InChI is InChI=1S/C17H16O4/c1-12-5-3-7-14(9-12)17(19)21-11-13-6-4-8-15(10-13)16(18)20-2/h3-10H,11H2,1-2H3. The maximum atomic E-state index is 11.9. The Kier molecular flexibility index (Phi) is 4.72. The Labute approximate surface area is 123 Å². The number of carbonyl (C=O) groups excluding carboxylic acids is 2. The Morgan fingerprint density at radius 3 is 2.29 bits per heavy atom. The van der Waals surface area contributed by atoms with Crippen LogP contribution in [0, 0.1) is 6.92 Å². The van der Waals surface area contributed by atoms with Crippen LogP contribution in [-0.2, 0) is 16.1 Å². The van der Waals surface area contributed by atoms with Crippen LogP contribution in [0.1, 0.15) is 31.8 Å². The van der Waals surface area contributed by atoms with Gasteiger partial charge in [-0.15, -0.1) is 0 Å². The molecule has 2 aromatic carbocycles. The van der Waals surface area contributed by atoms with Gasteiger partial charge in [0.1, 0.15) is 6.61 Å². The van der Waals surface area contributed by atoms with Crippen LogP contribution >= 0.6 is 0 Å². The molecule has 0 aliphatic carbocycles. The van der Waals surface area contributed by atoms with E-state index in [2.05, 4.69) is 4.74 Å². The van der Waals surface area contributed by atoms with Crippen molar-refractivity contribution < 1.29 is 19.1 Å². The number of hydrogen-bond donors (Lipinski definition) is 0. The molecule has 0 fully saturated rings. The molecule has 0 radical (unpaired) electrons. The third-order valence-electron chi connectivity index (χ3n) is 2.97. The lowest BCUT2D eigenvalue weighted by molar-refractivity contribution is 0.0472. The summed E-state index contributed by atoms with van der Waals surface area (Å²) in [6, 6.07) is 14.0. The lowest BCUT2D eigenvalue weighted by atomic mass is 10.1. The molecule has 0 aromatic heterocycles. The van der Waals surface area contributed by atoms with Crippen molar-refractivity contribution >= 4 is 11.9 Å². The van der Waals surface area contributed by atoms with Crippen molar-refractivity contribution in [3.05, 3.63) is 70.8 Å². The molecular formula is C17H16O4. The third-order valence-corrected chi connectivity index (χ3v) is 2.97. The van der Waals surface area contributed by atoms with E-state index in [0.717, 1.165) is 11.1 Å². The van der Waals surface area contributed by atoms with E-state index in [4.69, 9.17) is 4.74 Å². The quantitative estimate of drug-likeness (QED) is 0.809. The Morgan fingerprint density at radius 1 is 0.952 bits per heavy atom. The first-order chi connectivity index (χ1) is 10.1. The summed E-state index contributed by atoms with van der Waals surface area (Å²) in [5, 5.41) is 0. The van der Waals surface area contributed by atoms with Crippen LogP contribution in [-0.4, -0.2) is 19.0 Å². The Hall–Kier alpha value is -2.62. The van der Waals surface area contributed by atoms with Crippen molar-refractivity contribution in [3.63, 3.8) is 0 Å². The predicted octanol–water partition coefficient (Wildman–Crippen LogP) is 3.14. The zero-order valence-electron chi connectivity index (χ0n) is 12.0. The molecule has 0 atom stereocenters. The molecule has 0 N–H and O–H groups in total. The van der Waals surface area contributed by atoms with Crippen molar-refractivity contribution in [1.82, 2.24) is 0 Å². The Morgan fingerprint density at radius 2 is 1.62 bits per heavy atom. The summed E-state index contributed by atoms with van der Waals surface area (Å²) in [6.07, 6.45) is 0. The smallest absolute Gasteiger partial charge is 0.338 e. The van der Waals surface area contributed by atoms with Crippen molar-refractivity contribution in [3.8, 4) is 0 Å². The number of esters is 2. The lowest BCUT2D eigenvalue weighted by Crippen LogP contribution is -2.06. The first-order valence-corrected chi connectivity index (χ1v) is 6.51. The summed E-state index contributed by atoms with van der Waals surface area (Å²) in [6.45, 7) is 2.02. The second-order valence-corrected chi connectivity index (χ2v) is 4.64. The molecule has 2 rings (SSSR count). The van der Waals surface area contributed by atoms with Gasteiger partial charge in [-0.25, -0.2) is 9.59 Å². The SMILES string of the molecule is COC(=O)c1cccc(COC(=O)c2cccc(C)c2)c1. The number of hydrogen-bond acceptors (Lipinski definition) is 4. The van der Waals surface area contributed by atoms with Gasteiger partial charge in [0.25, 0.3) is 0 Å². The van der Waals surface area contributed by atoms with Crippen LogP contribution in [0.5, 0.6) is 0 Å². The summed E-state index contributed by atoms with van der Waals surface area (Å²) in [5.74, 6) is -0.802. The highest BCUT2D eigenvalue weighted by atomic mass is 16.5. The molecule has 0 saturated heterocycles. The van der Waals surface area contributed by atoms with Crippen LogP contribution < -0.4 is 0 Å². The molecule has 108 valence electrons. The first kappa shape index (κ1) is 14.8. The van der Waals surface area contributed by atoms with Gasteiger partial charge in [-0.05, 0) is 36.8 Å². The maximum Gasteiger partial charge on any atom is 0.338 e. The van der Waals surface area contributed by atoms with Gasteiger partial charge in [0.15, 0.2) is 0 Å². The summed E-state index contributed by atoms with van der Waals surface area (Å²) in [7, 11) is 1.33. The zero-order valence-corrected chi connectivity index (χ0v) is 12.0. The van der Waals surface area contributed by atoms with Crippen molar-refractivity contribution in [2.45, 2.75) is 13.5 Å². The third kappa shape index (κ3) is 3.92. The second kappa shape index (κ2) is 6.70. The molecule has 0 amide bonds. The largest absolute Gasteiger partial charge is 0.465 e. The fraction of sp³-hybridized carbons (Fsp3) is 0.176. The highest BCUT2D eigenvalue weighted by Gasteiger charge is 2.09. The van der Waals surface area contributed by atoms with E-state index in [9.17, 15) is 9.59 Å². The average Bonchev–Trinajstić information content (AvgIpc) is 2.52. The molecule has 0 heterocycles. The van der Waals surface area contributed by atoms with E-state index in [0.29, 0.717) is 11.1 Å². The highest BCUT2D eigenvalue weighted by Crippen LogP contribution is 2.11. The molecule has 4 heteroatoms. The number of methoxy groups -OCH3 is 1. The van der Waals surface area contributed by atoms with Gasteiger partial charge in [0.05, 0.1) is 18.2 Å². The van der Waals surface area contributed by atoms with Crippen LogP contribution in [0.25, 0.3) is 0 Å². The molecule has 21 heavy (non-hydrogen) atoms. The molecule has 0 aliphatic rings. The first-order valence-electron chi connectivity index (χ1n) is 6.51. The van der Waals surface area contributed by atoms with E-state index in [1.54, 1.807) is 36.4 Å². The van der Waals surface area contributed by atoms with Gasteiger partial charge in [0, 0.05) is 0 Å². The lowest BCUT2D eigenvalue weighted by Gasteiger charge is -2.07. The fourth-order valence-corrected chi connectivity index (χ4v) is 1.91. The minimum atomic E-state index is -0.415. The summed E-state index contributed by atoms with van der Waals surface area (Å²) < 4.78 is 9.90. The predicted molar refractivity (Wildman–Crippen MR) is 78.1 cm³/mol. The maximum absolute atomic E-state index is 11.9. The highest BCUT2D eigenvalue weighted by molar-refractivity contribution is 5.90. The molecule has 0 bridgehead atoms. The van der Waals surface area contributed by atoms with Gasteiger partial charge in [-0.1, -0.05) is 29.8 Å². The average molecular weight is 284 g/mol.